The van der Waals surface area contributed by atoms with Crippen LogP contribution in [0.1, 0.15) is 12.5 Å². The summed E-state index contributed by atoms with van der Waals surface area (Å²) in [6.45, 7) is 2.07. The van der Waals surface area contributed by atoms with Gasteiger partial charge in [-0.15, -0.1) is 0 Å². The van der Waals surface area contributed by atoms with Gasteiger partial charge in [0.15, 0.2) is 5.82 Å². The molecular weight excluding hydrogens is 320 g/mol. The van der Waals surface area contributed by atoms with Crippen molar-refractivity contribution in [3.8, 4) is 0 Å². The molecule has 0 heterocycles. The van der Waals surface area contributed by atoms with E-state index in [2.05, 4.69) is 11.9 Å². The quantitative estimate of drug-likeness (QED) is 0.552. The molecule has 0 amide bonds. The van der Waals surface area contributed by atoms with E-state index in [1.165, 1.54) is 0 Å². The standard InChI is InChI=1S/C20H19F2N3/c1-3-13-7-6-8-14(11-13)25(2)20(23)24-19-16-10-5-4-9-15(16)17(21)12-18(19)22/h4-12H,3H2,1-2H3,(H2,23,24). The molecule has 3 nitrogen and oxygen atoms in total. The molecule has 25 heavy (non-hydrogen) atoms. The van der Waals surface area contributed by atoms with E-state index in [1.54, 1.807) is 36.2 Å². The van der Waals surface area contributed by atoms with Crippen molar-refractivity contribution in [1.29, 1.82) is 0 Å². The number of aliphatic imine (C=N–C) groups is 1. The Hall–Kier alpha value is -2.95. The molecule has 0 aliphatic rings. The molecule has 0 aliphatic carbocycles. The van der Waals surface area contributed by atoms with E-state index in [1.807, 2.05) is 24.3 Å². The molecular formula is C20H19F2N3. The largest absolute Gasteiger partial charge is 0.369 e. The third-order valence-electron chi connectivity index (χ3n) is 4.20. The van der Waals surface area contributed by atoms with Crippen LogP contribution < -0.4 is 10.6 Å². The molecule has 0 atom stereocenters. The Kier molecular flexibility index (Phi) is 4.65. The molecule has 0 unspecified atom stereocenters. The number of nitrogens with two attached hydrogens (primary N) is 1. The molecule has 5 heteroatoms. The first-order valence-corrected chi connectivity index (χ1v) is 8.05. The van der Waals surface area contributed by atoms with Crippen LogP contribution in [0.3, 0.4) is 0 Å². The highest BCUT2D eigenvalue weighted by atomic mass is 19.1. The average Bonchev–Trinajstić information content (AvgIpc) is 2.64. The van der Waals surface area contributed by atoms with Crippen molar-refractivity contribution in [2.45, 2.75) is 13.3 Å². The molecule has 0 fully saturated rings. The molecule has 0 aromatic heterocycles. The van der Waals surface area contributed by atoms with E-state index < -0.39 is 11.6 Å². The number of guanidine groups is 1. The van der Waals surface area contributed by atoms with Gasteiger partial charge in [-0.3, -0.25) is 0 Å². The SMILES string of the molecule is CCc1cccc(N(C)C(N)=Nc2c(F)cc(F)c3ccccc23)c1. The van der Waals surface area contributed by atoms with E-state index >= 15 is 0 Å². The summed E-state index contributed by atoms with van der Waals surface area (Å²) in [6, 6.07) is 15.3. The number of rotatable bonds is 3. The van der Waals surface area contributed by atoms with Gasteiger partial charge in [-0.1, -0.05) is 43.3 Å². The zero-order valence-electron chi connectivity index (χ0n) is 14.1. The van der Waals surface area contributed by atoms with Crippen LogP contribution >= 0.6 is 0 Å². The lowest BCUT2D eigenvalue weighted by molar-refractivity contribution is 0.593. The molecule has 0 saturated heterocycles. The van der Waals surface area contributed by atoms with Crippen LogP contribution in [0.2, 0.25) is 0 Å². The van der Waals surface area contributed by atoms with Crippen LogP contribution in [0.5, 0.6) is 0 Å². The van der Waals surface area contributed by atoms with Gasteiger partial charge in [0.25, 0.3) is 0 Å². The summed E-state index contributed by atoms with van der Waals surface area (Å²) >= 11 is 0. The summed E-state index contributed by atoms with van der Waals surface area (Å²) < 4.78 is 28.2. The number of fused-ring (bicyclic) bond motifs is 1. The molecule has 0 spiro atoms. The maximum Gasteiger partial charge on any atom is 0.200 e. The van der Waals surface area contributed by atoms with Gasteiger partial charge in [-0.25, -0.2) is 13.8 Å². The number of aryl methyl sites for hydroxylation is 1. The molecule has 2 N–H and O–H groups in total. The topological polar surface area (TPSA) is 41.6 Å². The van der Waals surface area contributed by atoms with Gasteiger partial charge < -0.3 is 10.6 Å². The number of anilines is 1. The predicted molar refractivity (Wildman–Crippen MR) is 99.4 cm³/mol. The van der Waals surface area contributed by atoms with Crippen LogP contribution in [0.4, 0.5) is 20.2 Å². The van der Waals surface area contributed by atoms with E-state index in [9.17, 15) is 8.78 Å². The Labute approximate surface area is 145 Å². The van der Waals surface area contributed by atoms with Crippen molar-refractivity contribution in [3.05, 3.63) is 71.8 Å². The van der Waals surface area contributed by atoms with Gasteiger partial charge in [0.1, 0.15) is 11.5 Å². The number of halogens is 2. The van der Waals surface area contributed by atoms with Gasteiger partial charge in [-0.2, -0.15) is 0 Å². The first-order valence-electron chi connectivity index (χ1n) is 8.05. The fourth-order valence-electron chi connectivity index (χ4n) is 2.70. The van der Waals surface area contributed by atoms with Gasteiger partial charge in [0, 0.05) is 29.6 Å². The lowest BCUT2D eigenvalue weighted by Crippen LogP contribution is -2.33. The Morgan fingerprint density at radius 2 is 1.72 bits per heavy atom. The van der Waals surface area contributed by atoms with Crippen molar-refractivity contribution in [2.75, 3.05) is 11.9 Å². The summed E-state index contributed by atoms with van der Waals surface area (Å²) in [5.74, 6) is -1.23. The number of nitrogens with zero attached hydrogens (tertiary/aromatic N) is 2. The molecule has 0 radical (unpaired) electrons. The van der Waals surface area contributed by atoms with Gasteiger partial charge in [-0.05, 0) is 24.1 Å². The molecule has 0 saturated carbocycles. The maximum atomic E-state index is 14.3. The monoisotopic (exact) mass is 339 g/mol. The minimum Gasteiger partial charge on any atom is -0.369 e. The summed E-state index contributed by atoms with van der Waals surface area (Å²) in [6.07, 6.45) is 0.899. The normalized spacial score (nSPS) is 11.8. The fraction of sp³-hybridized carbons (Fsp3) is 0.150. The van der Waals surface area contributed by atoms with E-state index in [0.717, 1.165) is 23.7 Å². The zero-order valence-corrected chi connectivity index (χ0v) is 14.1. The molecule has 3 aromatic carbocycles. The summed E-state index contributed by atoms with van der Waals surface area (Å²) in [7, 11) is 1.76. The lowest BCUT2D eigenvalue weighted by atomic mass is 10.1. The maximum absolute atomic E-state index is 14.3. The van der Waals surface area contributed by atoms with Crippen molar-refractivity contribution >= 4 is 28.1 Å². The second-order valence-corrected chi connectivity index (χ2v) is 5.79. The first kappa shape index (κ1) is 16.9. The second-order valence-electron chi connectivity index (χ2n) is 5.79. The fourth-order valence-corrected chi connectivity index (χ4v) is 2.70. The lowest BCUT2D eigenvalue weighted by Gasteiger charge is -2.19. The highest BCUT2D eigenvalue weighted by Gasteiger charge is 2.13. The molecule has 3 rings (SSSR count). The molecule has 3 aromatic rings. The van der Waals surface area contributed by atoms with Gasteiger partial charge in [0.05, 0.1) is 0 Å². The first-order chi connectivity index (χ1) is 12.0. The molecule has 0 aliphatic heterocycles. The van der Waals surface area contributed by atoms with Crippen LogP contribution in [0.15, 0.2) is 59.6 Å². The van der Waals surface area contributed by atoms with Crippen LogP contribution in [-0.4, -0.2) is 13.0 Å². The number of hydrogen-bond acceptors (Lipinski definition) is 1. The Balaban J connectivity index is 2.06. The van der Waals surface area contributed by atoms with E-state index in [-0.39, 0.29) is 11.6 Å². The Morgan fingerprint density at radius 3 is 2.44 bits per heavy atom. The zero-order chi connectivity index (χ0) is 18.0. The van der Waals surface area contributed by atoms with Crippen LogP contribution in [0.25, 0.3) is 10.8 Å². The number of hydrogen-bond donors (Lipinski definition) is 1. The van der Waals surface area contributed by atoms with Crippen LogP contribution in [-0.2, 0) is 6.42 Å². The Bertz CT molecular complexity index is 951. The predicted octanol–water partition coefficient (Wildman–Crippen LogP) is 4.76. The third-order valence-corrected chi connectivity index (χ3v) is 4.20. The van der Waals surface area contributed by atoms with Gasteiger partial charge >= 0.3 is 0 Å². The number of benzene rings is 3. The summed E-state index contributed by atoms with van der Waals surface area (Å²) in [4.78, 5) is 5.92. The van der Waals surface area contributed by atoms with Crippen LogP contribution in [0, 0.1) is 11.6 Å². The van der Waals surface area contributed by atoms with E-state index in [4.69, 9.17) is 5.73 Å². The summed E-state index contributed by atoms with van der Waals surface area (Å²) in [5.41, 5.74) is 8.14. The minimum absolute atomic E-state index is 0.0352. The van der Waals surface area contributed by atoms with Crippen molar-refractivity contribution in [3.63, 3.8) is 0 Å². The summed E-state index contributed by atoms with van der Waals surface area (Å²) in [5, 5.41) is 0.699. The molecule has 128 valence electrons. The highest BCUT2D eigenvalue weighted by Crippen LogP contribution is 2.31. The van der Waals surface area contributed by atoms with Crippen molar-refractivity contribution in [2.24, 2.45) is 10.7 Å². The van der Waals surface area contributed by atoms with Gasteiger partial charge in [0.2, 0.25) is 5.96 Å². The molecule has 0 bridgehead atoms. The average molecular weight is 339 g/mol. The third kappa shape index (κ3) is 3.31. The van der Waals surface area contributed by atoms with Crippen molar-refractivity contribution < 1.29 is 8.78 Å². The van der Waals surface area contributed by atoms with E-state index in [0.29, 0.717) is 10.8 Å². The Morgan fingerprint density at radius 1 is 1.00 bits per heavy atom. The highest BCUT2D eigenvalue weighted by molar-refractivity contribution is 6.00. The second kappa shape index (κ2) is 6.89. The minimum atomic E-state index is -0.741. The van der Waals surface area contributed by atoms with Crippen molar-refractivity contribution in [1.82, 2.24) is 0 Å². The smallest absolute Gasteiger partial charge is 0.200 e.